The summed E-state index contributed by atoms with van der Waals surface area (Å²) in [4.78, 5) is 11.4. The first kappa shape index (κ1) is 14.0. The number of nitrogens with two attached hydrogens (primary N) is 1. The van der Waals surface area contributed by atoms with Crippen molar-refractivity contribution in [3.8, 4) is 0 Å². The van der Waals surface area contributed by atoms with E-state index in [4.69, 9.17) is 17.3 Å². The standard InChI is InChI=1S/C13H19ClN2O/c1-9(15)12(17)16-8-13(2,3)10-4-6-11(14)7-5-10/h4-7,9H,8,15H2,1-3H3,(H,16,17)/t9-/m1/s1. The summed E-state index contributed by atoms with van der Waals surface area (Å²) < 4.78 is 0. The normalized spacial score (nSPS) is 13.2. The maximum absolute atomic E-state index is 11.4. The third kappa shape index (κ3) is 4.02. The molecule has 1 rings (SSSR count). The van der Waals surface area contributed by atoms with Crippen molar-refractivity contribution in [2.24, 2.45) is 5.73 Å². The summed E-state index contributed by atoms with van der Waals surface area (Å²) >= 11 is 5.84. The Hall–Kier alpha value is -1.06. The highest BCUT2D eigenvalue weighted by Crippen LogP contribution is 2.23. The van der Waals surface area contributed by atoms with E-state index in [1.807, 2.05) is 24.3 Å². The third-order valence-electron chi connectivity index (χ3n) is 2.74. The maximum atomic E-state index is 11.4. The second-order valence-corrected chi connectivity index (χ2v) is 5.33. The van der Waals surface area contributed by atoms with Crippen LogP contribution in [0.5, 0.6) is 0 Å². The third-order valence-corrected chi connectivity index (χ3v) is 3.00. The molecule has 0 saturated heterocycles. The molecule has 1 amide bonds. The summed E-state index contributed by atoms with van der Waals surface area (Å²) in [7, 11) is 0. The summed E-state index contributed by atoms with van der Waals surface area (Å²) in [6.45, 7) is 6.36. The van der Waals surface area contributed by atoms with Crippen molar-refractivity contribution >= 4 is 17.5 Å². The highest BCUT2D eigenvalue weighted by molar-refractivity contribution is 6.30. The fourth-order valence-corrected chi connectivity index (χ4v) is 1.60. The number of carbonyl (C=O) groups is 1. The van der Waals surface area contributed by atoms with Crippen molar-refractivity contribution in [2.45, 2.75) is 32.2 Å². The van der Waals surface area contributed by atoms with Gasteiger partial charge in [-0.2, -0.15) is 0 Å². The van der Waals surface area contributed by atoms with E-state index < -0.39 is 6.04 Å². The molecular weight excluding hydrogens is 236 g/mol. The van der Waals surface area contributed by atoms with Gasteiger partial charge >= 0.3 is 0 Å². The highest BCUT2D eigenvalue weighted by atomic mass is 35.5. The molecule has 4 heteroatoms. The van der Waals surface area contributed by atoms with E-state index in [9.17, 15) is 4.79 Å². The van der Waals surface area contributed by atoms with Gasteiger partial charge in [0.1, 0.15) is 0 Å². The lowest BCUT2D eigenvalue weighted by Crippen LogP contribution is -2.43. The second kappa shape index (κ2) is 5.52. The number of amides is 1. The van der Waals surface area contributed by atoms with Gasteiger partial charge < -0.3 is 11.1 Å². The largest absolute Gasteiger partial charge is 0.354 e. The highest BCUT2D eigenvalue weighted by Gasteiger charge is 2.21. The van der Waals surface area contributed by atoms with Gasteiger partial charge in [0.25, 0.3) is 0 Å². The zero-order chi connectivity index (χ0) is 13.1. The number of hydrogen-bond donors (Lipinski definition) is 2. The molecule has 17 heavy (non-hydrogen) atoms. The van der Waals surface area contributed by atoms with Gasteiger partial charge in [0.05, 0.1) is 6.04 Å². The number of rotatable bonds is 4. The van der Waals surface area contributed by atoms with Crippen LogP contribution >= 0.6 is 11.6 Å². The maximum Gasteiger partial charge on any atom is 0.236 e. The fraction of sp³-hybridized carbons (Fsp3) is 0.462. The van der Waals surface area contributed by atoms with Crippen molar-refractivity contribution in [2.75, 3.05) is 6.54 Å². The van der Waals surface area contributed by atoms with Crippen LogP contribution in [0.25, 0.3) is 0 Å². The predicted molar refractivity (Wildman–Crippen MR) is 71.1 cm³/mol. The van der Waals surface area contributed by atoms with E-state index in [0.717, 1.165) is 5.56 Å². The SMILES string of the molecule is C[C@@H](N)C(=O)NCC(C)(C)c1ccc(Cl)cc1. The van der Waals surface area contributed by atoms with E-state index >= 15 is 0 Å². The molecule has 3 N–H and O–H groups in total. The fourth-order valence-electron chi connectivity index (χ4n) is 1.47. The van der Waals surface area contributed by atoms with Crippen molar-refractivity contribution < 1.29 is 4.79 Å². The lowest BCUT2D eigenvalue weighted by atomic mass is 9.84. The molecule has 0 spiro atoms. The van der Waals surface area contributed by atoms with Gasteiger partial charge in [-0.05, 0) is 24.6 Å². The van der Waals surface area contributed by atoms with E-state index in [1.165, 1.54) is 0 Å². The molecule has 0 unspecified atom stereocenters. The topological polar surface area (TPSA) is 55.1 Å². The zero-order valence-corrected chi connectivity index (χ0v) is 11.2. The Balaban J connectivity index is 2.68. The number of halogens is 1. The summed E-state index contributed by atoms with van der Waals surface area (Å²) in [6, 6.07) is 7.18. The van der Waals surface area contributed by atoms with Crippen LogP contribution in [0, 0.1) is 0 Å². The van der Waals surface area contributed by atoms with Crippen LogP contribution in [-0.2, 0) is 10.2 Å². The summed E-state index contributed by atoms with van der Waals surface area (Å²) in [5, 5.41) is 3.55. The smallest absolute Gasteiger partial charge is 0.236 e. The van der Waals surface area contributed by atoms with Gasteiger partial charge in [0.15, 0.2) is 0 Å². The quantitative estimate of drug-likeness (QED) is 0.865. The average Bonchev–Trinajstić information content (AvgIpc) is 2.26. The zero-order valence-electron chi connectivity index (χ0n) is 10.5. The molecule has 0 aliphatic rings. The average molecular weight is 255 g/mol. The summed E-state index contributed by atoms with van der Waals surface area (Å²) in [5.41, 5.74) is 6.48. The van der Waals surface area contributed by atoms with Crippen LogP contribution in [0.2, 0.25) is 5.02 Å². The minimum atomic E-state index is -0.476. The Kier molecular flexibility index (Phi) is 4.54. The van der Waals surface area contributed by atoms with E-state index in [0.29, 0.717) is 11.6 Å². The van der Waals surface area contributed by atoms with Crippen LogP contribution < -0.4 is 11.1 Å². The summed E-state index contributed by atoms with van der Waals surface area (Å²) in [5.74, 6) is -0.132. The first-order chi connectivity index (χ1) is 7.83. The molecule has 0 radical (unpaired) electrons. The van der Waals surface area contributed by atoms with Crippen molar-refractivity contribution in [3.63, 3.8) is 0 Å². The molecule has 3 nitrogen and oxygen atoms in total. The van der Waals surface area contributed by atoms with Gasteiger partial charge in [0, 0.05) is 17.0 Å². The van der Waals surface area contributed by atoms with Gasteiger partial charge in [-0.1, -0.05) is 37.6 Å². The molecule has 94 valence electrons. The van der Waals surface area contributed by atoms with Gasteiger partial charge in [-0.25, -0.2) is 0 Å². The first-order valence-corrected chi connectivity index (χ1v) is 6.00. The molecule has 1 aromatic carbocycles. The Labute approximate surface area is 107 Å². The lowest BCUT2D eigenvalue weighted by Gasteiger charge is -2.26. The van der Waals surface area contributed by atoms with E-state index in [2.05, 4.69) is 19.2 Å². The minimum Gasteiger partial charge on any atom is -0.354 e. The number of nitrogens with one attached hydrogen (secondary N) is 1. The number of hydrogen-bond acceptors (Lipinski definition) is 2. The molecule has 0 aliphatic heterocycles. The summed E-state index contributed by atoms with van der Waals surface area (Å²) in [6.07, 6.45) is 0. The number of carbonyl (C=O) groups excluding carboxylic acids is 1. The van der Waals surface area contributed by atoms with E-state index in [1.54, 1.807) is 6.92 Å². The minimum absolute atomic E-state index is 0.132. The molecule has 0 bridgehead atoms. The van der Waals surface area contributed by atoms with Crippen molar-refractivity contribution in [1.29, 1.82) is 0 Å². The molecule has 1 aromatic rings. The molecule has 0 fully saturated rings. The molecule has 0 heterocycles. The Morgan fingerprint density at radius 2 is 1.94 bits per heavy atom. The van der Waals surface area contributed by atoms with Gasteiger partial charge in [0.2, 0.25) is 5.91 Å². The molecule has 0 aliphatic carbocycles. The Bertz CT molecular complexity index is 385. The lowest BCUT2D eigenvalue weighted by molar-refractivity contribution is -0.122. The predicted octanol–water partition coefficient (Wildman–Crippen LogP) is 2.08. The number of benzene rings is 1. The first-order valence-electron chi connectivity index (χ1n) is 5.62. The van der Waals surface area contributed by atoms with Crippen molar-refractivity contribution in [3.05, 3.63) is 34.9 Å². The van der Waals surface area contributed by atoms with Crippen LogP contribution in [0.1, 0.15) is 26.3 Å². The molecule has 0 saturated carbocycles. The Morgan fingerprint density at radius 3 is 2.41 bits per heavy atom. The second-order valence-electron chi connectivity index (χ2n) is 4.90. The van der Waals surface area contributed by atoms with Gasteiger partial charge in [-0.3, -0.25) is 4.79 Å². The van der Waals surface area contributed by atoms with Crippen LogP contribution in [0.15, 0.2) is 24.3 Å². The van der Waals surface area contributed by atoms with Gasteiger partial charge in [-0.15, -0.1) is 0 Å². The molecular formula is C13H19ClN2O. The molecule has 0 aromatic heterocycles. The van der Waals surface area contributed by atoms with Crippen LogP contribution in [-0.4, -0.2) is 18.5 Å². The molecule has 1 atom stereocenters. The van der Waals surface area contributed by atoms with Crippen LogP contribution in [0.4, 0.5) is 0 Å². The van der Waals surface area contributed by atoms with Crippen LogP contribution in [0.3, 0.4) is 0 Å². The monoisotopic (exact) mass is 254 g/mol. The van der Waals surface area contributed by atoms with Crippen molar-refractivity contribution in [1.82, 2.24) is 5.32 Å². The Morgan fingerprint density at radius 1 is 1.41 bits per heavy atom. The van der Waals surface area contributed by atoms with E-state index in [-0.39, 0.29) is 11.3 Å².